The van der Waals surface area contributed by atoms with Gasteiger partial charge in [0.15, 0.2) is 0 Å². The molecule has 5 heteroatoms. The topological polar surface area (TPSA) is 52.7 Å². The number of piperazine rings is 1. The normalized spacial score (nSPS) is 27.2. The fourth-order valence-electron chi connectivity index (χ4n) is 5.53. The molecule has 3 atom stereocenters. The van der Waals surface area contributed by atoms with Crippen LogP contribution in [0.3, 0.4) is 0 Å². The Balaban J connectivity index is 1.22. The van der Waals surface area contributed by atoms with Crippen LogP contribution in [-0.4, -0.2) is 54.3 Å². The Hall–Kier alpha value is -1.88. The average molecular weight is 384 g/mol. The number of nitrogens with zero attached hydrogens (tertiary/aromatic N) is 2. The molecule has 3 aliphatic rings. The van der Waals surface area contributed by atoms with Crippen LogP contribution in [0.25, 0.3) is 0 Å². The minimum Gasteiger partial charge on any atom is -0.340 e. The molecule has 2 amide bonds. The summed E-state index contributed by atoms with van der Waals surface area (Å²) in [6.07, 6.45) is 6.11. The molecule has 1 aliphatic heterocycles. The molecule has 1 N–H and O–H groups in total. The van der Waals surface area contributed by atoms with Crippen LogP contribution < -0.4 is 5.32 Å². The summed E-state index contributed by atoms with van der Waals surface area (Å²) in [5.74, 6) is 2.70. The van der Waals surface area contributed by atoms with Crippen LogP contribution in [0.2, 0.25) is 0 Å². The van der Waals surface area contributed by atoms with Crippen molar-refractivity contribution in [2.24, 2.45) is 17.8 Å². The highest BCUT2D eigenvalue weighted by molar-refractivity contribution is 5.93. The minimum atomic E-state index is 0.0270. The molecule has 1 aromatic carbocycles. The molecule has 4 rings (SSSR count). The molecule has 0 aromatic heterocycles. The summed E-state index contributed by atoms with van der Waals surface area (Å²) < 4.78 is 0. The van der Waals surface area contributed by atoms with E-state index in [0.717, 1.165) is 61.2 Å². The highest BCUT2D eigenvalue weighted by Gasteiger charge is 2.40. The SMILES string of the molecule is Cc1cccc(C)c1NC(=O)CN1CCN(C(=O)C[C@@H]2C[C@@H]3CC[C@@H]2C3)CC1. The van der Waals surface area contributed by atoms with Gasteiger partial charge < -0.3 is 10.2 Å². The lowest BCUT2D eigenvalue weighted by atomic mass is 9.86. The number of hydrogen-bond donors (Lipinski definition) is 1. The lowest BCUT2D eigenvalue weighted by molar-refractivity contribution is -0.134. The van der Waals surface area contributed by atoms with Crippen LogP contribution in [0.4, 0.5) is 5.69 Å². The Morgan fingerprint density at radius 3 is 2.36 bits per heavy atom. The van der Waals surface area contributed by atoms with E-state index in [0.29, 0.717) is 18.4 Å². The number of anilines is 1. The molecule has 28 heavy (non-hydrogen) atoms. The van der Waals surface area contributed by atoms with E-state index in [9.17, 15) is 9.59 Å². The van der Waals surface area contributed by atoms with Crippen molar-refractivity contribution in [1.82, 2.24) is 9.80 Å². The number of benzene rings is 1. The van der Waals surface area contributed by atoms with Gasteiger partial charge in [0.25, 0.3) is 0 Å². The zero-order valence-electron chi connectivity index (χ0n) is 17.2. The molecule has 2 saturated carbocycles. The molecule has 5 nitrogen and oxygen atoms in total. The standard InChI is InChI=1S/C23H33N3O2/c1-16-4-3-5-17(2)23(16)24-21(27)15-25-8-10-26(11-9-25)22(28)14-20-13-18-6-7-19(20)12-18/h3-5,18-20H,6-15H2,1-2H3,(H,24,27)/t18-,19-,20+/m1/s1. The van der Waals surface area contributed by atoms with Crippen molar-refractivity contribution in [1.29, 1.82) is 0 Å². The monoisotopic (exact) mass is 383 g/mol. The zero-order chi connectivity index (χ0) is 19.7. The largest absolute Gasteiger partial charge is 0.340 e. The van der Waals surface area contributed by atoms with E-state index < -0.39 is 0 Å². The molecule has 1 aromatic rings. The van der Waals surface area contributed by atoms with E-state index >= 15 is 0 Å². The summed E-state index contributed by atoms with van der Waals surface area (Å²) >= 11 is 0. The van der Waals surface area contributed by atoms with E-state index in [1.807, 2.05) is 36.9 Å². The molecule has 1 heterocycles. The summed E-state index contributed by atoms with van der Waals surface area (Å²) in [4.78, 5) is 29.4. The Morgan fingerprint density at radius 1 is 1.04 bits per heavy atom. The molecule has 2 bridgehead atoms. The first-order valence-electron chi connectivity index (χ1n) is 10.9. The molecule has 0 unspecified atom stereocenters. The first-order valence-corrected chi connectivity index (χ1v) is 10.9. The van der Waals surface area contributed by atoms with Gasteiger partial charge >= 0.3 is 0 Å². The second kappa shape index (κ2) is 8.24. The molecule has 0 spiro atoms. The smallest absolute Gasteiger partial charge is 0.238 e. The first kappa shape index (κ1) is 19.4. The van der Waals surface area contributed by atoms with Gasteiger partial charge in [0.2, 0.25) is 11.8 Å². The van der Waals surface area contributed by atoms with E-state index in [-0.39, 0.29) is 5.91 Å². The predicted octanol–water partition coefficient (Wildman–Crippen LogP) is 3.21. The fraction of sp³-hybridized carbons (Fsp3) is 0.652. The first-order chi connectivity index (χ1) is 13.5. The van der Waals surface area contributed by atoms with Gasteiger partial charge in [0, 0.05) is 38.3 Å². The summed E-state index contributed by atoms with van der Waals surface area (Å²) in [6, 6.07) is 6.04. The summed E-state index contributed by atoms with van der Waals surface area (Å²) in [6.45, 7) is 7.48. The molecule has 2 aliphatic carbocycles. The van der Waals surface area contributed by atoms with E-state index in [4.69, 9.17) is 0 Å². The Morgan fingerprint density at radius 2 is 1.75 bits per heavy atom. The Labute approximate surface area is 168 Å². The third-order valence-corrected chi connectivity index (χ3v) is 7.16. The minimum absolute atomic E-state index is 0.0270. The maximum atomic E-state index is 12.7. The number of aryl methyl sites for hydroxylation is 2. The quantitative estimate of drug-likeness (QED) is 0.849. The number of rotatable bonds is 5. The summed E-state index contributed by atoms with van der Waals surface area (Å²) in [7, 11) is 0. The molecule has 0 radical (unpaired) electrons. The van der Waals surface area contributed by atoms with Gasteiger partial charge in [-0.2, -0.15) is 0 Å². The number of nitrogens with one attached hydrogen (secondary N) is 1. The average Bonchev–Trinajstić information content (AvgIpc) is 3.28. The van der Waals surface area contributed by atoms with Gasteiger partial charge in [0.1, 0.15) is 0 Å². The van der Waals surface area contributed by atoms with Crippen LogP contribution in [0.1, 0.15) is 43.2 Å². The van der Waals surface area contributed by atoms with Gasteiger partial charge in [-0.1, -0.05) is 24.6 Å². The number of carbonyl (C=O) groups is 2. The maximum absolute atomic E-state index is 12.7. The number of hydrogen-bond acceptors (Lipinski definition) is 3. The van der Waals surface area contributed by atoms with E-state index in [1.54, 1.807) is 0 Å². The van der Waals surface area contributed by atoms with Gasteiger partial charge in [-0.05, 0) is 62.0 Å². The van der Waals surface area contributed by atoms with Gasteiger partial charge in [0.05, 0.1) is 6.54 Å². The number of para-hydroxylation sites is 1. The van der Waals surface area contributed by atoms with Crippen molar-refractivity contribution in [3.8, 4) is 0 Å². The number of amides is 2. The third kappa shape index (κ3) is 4.24. The van der Waals surface area contributed by atoms with Crippen molar-refractivity contribution < 1.29 is 9.59 Å². The third-order valence-electron chi connectivity index (χ3n) is 7.16. The Bertz CT molecular complexity index is 719. The molecule has 152 valence electrons. The highest BCUT2D eigenvalue weighted by atomic mass is 16.2. The van der Waals surface area contributed by atoms with Crippen molar-refractivity contribution in [2.75, 3.05) is 38.0 Å². The lowest BCUT2D eigenvalue weighted by Crippen LogP contribution is -2.50. The second-order valence-corrected chi connectivity index (χ2v) is 9.11. The van der Waals surface area contributed by atoms with Crippen LogP contribution in [0.5, 0.6) is 0 Å². The van der Waals surface area contributed by atoms with Gasteiger partial charge in [-0.3, -0.25) is 14.5 Å². The molecular weight excluding hydrogens is 350 g/mol. The van der Waals surface area contributed by atoms with Crippen molar-refractivity contribution in [3.63, 3.8) is 0 Å². The Kier molecular flexibility index (Phi) is 5.72. The molecular formula is C23H33N3O2. The van der Waals surface area contributed by atoms with E-state index in [1.165, 1.54) is 25.7 Å². The molecule has 1 saturated heterocycles. The number of carbonyl (C=O) groups excluding carboxylic acids is 2. The zero-order valence-corrected chi connectivity index (χ0v) is 17.2. The van der Waals surface area contributed by atoms with Crippen LogP contribution in [0.15, 0.2) is 18.2 Å². The highest BCUT2D eigenvalue weighted by Crippen LogP contribution is 2.49. The molecule has 3 fully saturated rings. The van der Waals surface area contributed by atoms with E-state index in [2.05, 4.69) is 10.2 Å². The van der Waals surface area contributed by atoms with Crippen LogP contribution in [0, 0.1) is 31.6 Å². The number of fused-ring (bicyclic) bond motifs is 2. The lowest BCUT2D eigenvalue weighted by Gasteiger charge is -2.35. The van der Waals surface area contributed by atoms with Gasteiger partial charge in [-0.25, -0.2) is 0 Å². The second-order valence-electron chi connectivity index (χ2n) is 9.11. The fourth-order valence-corrected chi connectivity index (χ4v) is 5.53. The summed E-state index contributed by atoms with van der Waals surface area (Å²) in [5, 5.41) is 3.06. The predicted molar refractivity (Wildman–Crippen MR) is 111 cm³/mol. The van der Waals surface area contributed by atoms with Crippen molar-refractivity contribution in [3.05, 3.63) is 29.3 Å². The van der Waals surface area contributed by atoms with Crippen molar-refractivity contribution >= 4 is 17.5 Å². The maximum Gasteiger partial charge on any atom is 0.238 e. The van der Waals surface area contributed by atoms with Crippen LogP contribution in [-0.2, 0) is 9.59 Å². The summed E-state index contributed by atoms with van der Waals surface area (Å²) in [5.41, 5.74) is 3.10. The van der Waals surface area contributed by atoms with Crippen molar-refractivity contribution in [2.45, 2.75) is 46.0 Å². The van der Waals surface area contributed by atoms with Gasteiger partial charge in [-0.15, -0.1) is 0 Å². The van der Waals surface area contributed by atoms with Crippen LogP contribution >= 0.6 is 0 Å².